The number of carbonyl (C=O) groups excluding carboxylic acids is 2. The smallest absolute Gasteiger partial charge is 0.224 e. The lowest BCUT2D eigenvalue weighted by atomic mass is 9.91. The fourth-order valence-corrected chi connectivity index (χ4v) is 5.72. The Balaban J connectivity index is 1.36. The van der Waals surface area contributed by atoms with Crippen LogP contribution in [0.15, 0.2) is 24.3 Å². The molecule has 0 spiro atoms. The van der Waals surface area contributed by atoms with Crippen LogP contribution in [0.1, 0.15) is 63.4 Å². The fraction of sp³-hybridized carbons (Fsp3) is 0.680. The zero-order chi connectivity index (χ0) is 21.7. The van der Waals surface area contributed by atoms with Gasteiger partial charge in [0.05, 0.1) is 13.0 Å². The molecule has 1 aromatic carbocycles. The van der Waals surface area contributed by atoms with Crippen molar-refractivity contribution in [3.05, 3.63) is 29.8 Å². The van der Waals surface area contributed by atoms with E-state index in [1.165, 1.54) is 58.0 Å². The maximum atomic E-state index is 13.1. The van der Waals surface area contributed by atoms with Crippen molar-refractivity contribution in [1.29, 1.82) is 0 Å². The van der Waals surface area contributed by atoms with Crippen molar-refractivity contribution < 1.29 is 14.3 Å². The number of rotatable bonds is 7. The number of benzene rings is 1. The molecule has 6 nitrogen and oxygen atoms in total. The Morgan fingerprint density at radius 2 is 1.87 bits per heavy atom. The third kappa shape index (κ3) is 5.05. The van der Waals surface area contributed by atoms with E-state index in [0.29, 0.717) is 25.9 Å². The first-order valence-corrected chi connectivity index (χ1v) is 12.0. The minimum absolute atomic E-state index is 0.112. The third-order valence-corrected chi connectivity index (χ3v) is 7.58. The predicted molar refractivity (Wildman–Crippen MR) is 121 cm³/mol. The molecular weight excluding hydrogens is 390 g/mol. The van der Waals surface area contributed by atoms with Gasteiger partial charge in [0.1, 0.15) is 5.75 Å². The molecule has 0 bridgehead atoms. The molecule has 170 valence electrons. The van der Waals surface area contributed by atoms with E-state index in [0.717, 1.165) is 17.9 Å². The molecule has 3 fully saturated rings. The summed E-state index contributed by atoms with van der Waals surface area (Å²) in [6.45, 7) is 4.06. The van der Waals surface area contributed by atoms with Gasteiger partial charge in [0.15, 0.2) is 0 Å². The van der Waals surface area contributed by atoms with Gasteiger partial charge in [-0.15, -0.1) is 0 Å². The summed E-state index contributed by atoms with van der Waals surface area (Å²) in [6, 6.07) is 7.78. The van der Waals surface area contributed by atoms with Crippen molar-refractivity contribution in [1.82, 2.24) is 15.1 Å². The normalized spacial score (nSPS) is 24.2. The number of nitrogens with one attached hydrogen (secondary N) is 1. The molecular formula is C25H37N3O3. The number of hydrogen-bond donors (Lipinski definition) is 1. The Morgan fingerprint density at radius 1 is 1.13 bits per heavy atom. The van der Waals surface area contributed by atoms with Gasteiger partial charge in [0.25, 0.3) is 0 Å². The maximum Gasteiger partial charge on any atom is 0.224 e. The molecule has 6 heteroatoms. The van der Waals surface area contributed by atoms with Gasteiger partial charge in [0, 0.05) is 37.2 Å². The molecule has 3 aliphatic rings. The molecule has 0 unspecified atom stereocenters. The van der Waals surface area contributed by atoms with Crippen LogP contribution < -0.4 is 10.1 Å². The predicted octanol–water partition coefficient (Wildman–Crippen LogP) is 3.35. The number of hydrogen-bond acceptors (Lipinski definition) is 4. The summed E-state index contributed by atoms with van der Waals surface area (Å²) in [4.78, 5) is 30.1. The number of nitrogens with zero attached hydrogens (tertiary/aromatic N) is 2. The summed E-state index contributed by atoms with van der Waals surface area (Å²) < 4.78 is 5.44. The van der Waals surface area contributed by atoms with E-state index in [1.54, 1.807) is 7.11 Å². The van der Waals surface area contributed by atoms with Crippen molar-refractivity contribution in [3.8, 4) is 5.75 Å². The SMILES string of the molecule is COc1ccccc1CN1C[C@H](C(=O)NCC2(N3CCCCC3)CCCC2)CCC1=O. The number of para-hydroxylation sites is 1. The molecule has 1 aromatic rings. The van der Waals surface area contributed by atoms with Crippen LogP contribution in [-0.2, 0) is 16.1 Å². The fourth-order valence-electron chi connectivity index (χ4n) is 5.72. The number of carbonyl (C=O) groups is 2. The van der Waals surface area contributed by atoms with Gasteiger partial charge in [-0.2, -0.15) is 0 Å². The standard InChI is InChI=1S/C25H37N3O3/c1-31-22-10-4-3-9-20(22)17-27-18-21(11-12-23(27)29)24(30)26-19-25(13-5-6-14-25)28-15-7-2-8-16-28/h3-4,9-10,21H,2,5-8,11-19H2,1H3,(H,26,30)/t21-/m1/s1. The minimum atomic E-state index is -0.132. The molecule has 2 saturated heterocycles. The highest BCUT2D eigenvalue weighted by Gasteiger charge is 2.41. The first-order valence-electron chi connectivity index (χ1n) is 12.0. The number of methoxy groups -OCH3 is 1. The molecule has 2 amide bonds. The zero-order valence-electron chi connectivity index (χ0n) is 18.9. The van der Waals surface area contributed by atoms with E-state index >= 15 is 0 Å². The van der Waals surface area contributed by atoms with Gasteiger partial charge in [0.2, 0.25) is 11.8 Å². The van der Waals surface area contributed by atoms with Crippen LogP contribution in [-0.4, -0.2) is 60.4 Å². The summed E-state index contributed by atoms with van der Waals surface area (Å²) >= 11 is 0. The molecule has 1 aliphatic carbocycles. The minimum Gasteiger partial charge on any atom is -0.496 e. The summed E-state index contributed by atoms with van der Waals surface area (Å²) in [6.07, 6.45) is 9.86. The lowest BCUT2D eigenvalue weighted by Crippen LogP contribution is -2.56. The van der Waals surface area contributed by atoms with Gasteiger partial charge >= 0.3 is 0 Å². The van der Waals surface area contributed by atoms with Crippen LogP contribution in [0.3, 0.4) is 0 Å². The average molecular weight is 428 g/mol. The quantitative estimate of drug-likeness (QED) is 0.725. The Kier molecular flexibility index (Phi) is 7.16. The summed E-state index contributed by atoms with van der Waals surface area (Å²) in [7, 11) is 1.65. The second kappa shape index (κ2) is 10.0. The Labute approximate surface area is 186 Å². The zero-order valence-corrected chi connectivity index (χ0v) is 18.9. The highest BCUT2D eigenvalue weighted by Crippen LogP contribution is 2.36. The van der Waals surface area contributed by atoms with Crippen molar-refractivity contribution in [2.45, 2.75) is 69.9 Å². The highest BCUT2D eigenvalue weighted by molar-refractivity contribution is 5.83. The van der Waals surface area contributed by atoms with Crippen molar-refractivity contribution in [3.63, 3.8) is 0 Å². The van der Waals surface area contributed by atoms with E-state index in [4.69, 9.17) is 4.74 Å². The topological polar surface area (TPSA) is 61.9 Å². The molecule has 1 saturated carbocycles. The second-order valence-corrected chi connectivity index (χ2v) is 9.52. The van der Waals surface area contributed by atoms with E-state index in [-0.39, 0.29) is 23.3 Å². The number of likely N-dealkylation sites (tertiary alicyclic amines) is 2. The van der Waals surface area contributed by atoms with Crippen LogP contribution >= 0.6 is 0 Å². The second-order valence-electron chi connectivity index (χ2n) is 9.52. The number of amides is 2. The van der Waals surface area contributed by atoms with Crippen LogP contribution in [0, 0.1) is 5.92 Å². The van der Waals surface area contributed by atoms with E-state index in [1.807, 2.05) is 29.2 Å². The monoisotopic (exact) mass is 427 g/mol. The van der Waals surface area contributed by atoms with E-state index < -0.39 is 0 Å². The Morgan fingerprint density at radius 3 is 2.61 bits per heavy atom. The molecule has 31 heavy (non-hydrogen) atoms. The van der Waals surface area contributed by atoms with Crippen molar-refractivity contribution in [2.24, 2.45) is 5.92 Å². The molecule has 1 N–H and O–H groups in total. The summed E-state index contributed by atoms with van der Waals surface area (Å²) in [5.74, 6) is 0.884. The van der Waals surface area contributed by atoms with Gasteiger partial charge in [-0.3, -0.25) is 14.5 Å². The first kappa shape index (κ1) is 22.1. The van der Waals surface area contributed by atoms with Gasteiger partial charge in [-0.25, -0.2) is 0 Å². The third-order valence-electron chi connectivity index (χ3n) is 7.58. The maximum absolute atomic E-state index is 13.1. The number of ether oxygens (including phenoxy) is 1. The Bertz CT molecular complexity index is 769. The molecule has 0 radical (unpaired) electrons. The number of piperidine rings is 2. The molecule has 0 aromatic heterocycles. The van der Waals surface area contributed by atoms with Crippen molar-refractivity contribution in [2.75, 3.05) is 33.3 Å². The molecule has 1 atom stereocenters. The molecule has 2 aliphatic heterocycles. The summed E-state index contributed by atoms with van der Waals surface area (Å²) in [5, 5.41) is 3.31. The van der Waals surface area contributed by atoms with Crippen molar-refractivity contribution >= 4 is 11.8 Å². The largest absolute Gasteiger partial charge is 0.496 e. The van der Waals surface area contributed by atoms with Crippen LogP contribution in [0.25, 0.3) is 0 Å². The van der Waals surface area contributed by atoms with Gasteiger partial charge in [-0.1, -0.05) is 37.5 Å². The van der Waals surface area contributed by atoms with Gasteiger partial charge < -0.3 is 15.0 Å². The average Bonchev–Trinajstić information content (AvgIpc) is 3.30. The lowest BCUT2D eigenvalue weighted by molar-refractivity contribution is -0.139. The van der Waals surface area contributed by atoms with Crippen LogP contribution in [0.2, 0.25) is 0 Å². The molecule has 2 heterocycles. The van der Waals surface area contributed by atoms with Gasteiger partial charge in [-0.05, 0) is 51.3 Å². The summed E-state index contributed by atoms with van der Waals surface area (Å²) in [5.41, 5.74) is 1.13. The molecule has 4 rings (SSSR count). The van der Waals surface area contributed by atoms with Crippen LogP contribution in [0.5, 0.6) is 5.75 Å². The highest BCUT2D eigenvalue weighted by atomic mass is 16.5. The Hall–Kier alpha value is -2.08. The van der Waals surface area contributed by atoms with E-state index in [2.05, 4.69) is 10.2 Å². The van der Waals surface area contributed by atoms with E-state index in [9.17, 15) is 9.59 Å². The first-order chi connectivity index (χ1) is 15.1. The van der Waals surface area contributed by atoms with Crippen LogP contribution in [0.4, 0.5) is 0 Å². The lowest BCUT2D eigenvalue weighted by Gasteiger charge is -2.44.